The van der Waals surface area contributed by atoms with Crippen LogP contribution in [-0.4, -0.2) is 82.3 Å². The third-order valence-electron chi connectivity index (χ3n) is 4.41. The molecule has 1 fully saturated rings. The van der Waals surface area contributed by atoms with Crippen molar-refractivity contribution in [1.82, 2.24) is 14.5 Å². The predicted molar refractivity (Wildman–Crippen MR) is 101 cm³/mol. The SMILES string of the molecule is CS(=O)(=O)N(CCNC(=O)CCc1ccccc1)CCN1CCOCC1. The van der Waals surface area contributed by atoms with Crippen molar-refractivity contribution < 1.29 is 17.9 Å². The highest BCUT2D eigenvalue weighted by molar-refractivity contribution is 7.88. The van der Waals surface area contributed by atoms with E-state index in [1.165, 1.54) is 10.6 Å². The van der Waals surface area contributed by atoms with E-state index in [0.717, 1.165) is 18.7 Å². The Morgan fingerprint density at radius 3 is 2.54 bits per heavy atom. The van der Waals surface area contributed by atoms with E-state index in [-0.39, 0.29) is 5.91 Å². The van der Waals surface area contributed by atoms with E-state index in [0.29, 0.717) is 52.2 Å². The van der Waals surface area contributed by atoms with Crippen molar-refractivity contribution in [3.63, 3.8) is 0 Å². The van der Waals surface area contributed by atoms with Gasteiger partial charge < -0.3 is 10.1 Å². The van der Waals surface area contributed by atoms with Gasteiger partial charge in [-0.25, -0.2) is 8.42 Å². The van der Waals surface area contributed by atoms with Gasteiger partial charge in [0.15, 0.2) is 0 Å². The molecule has 146 valence electrons. The Hall–Kier alpha value is -1.48. The summed E-state index contributed by atoms with van der Waals surface area (Å²) < 4.78 is 30.7. The van der Waals surface area contributed by atoms with Crippen molar-refractivity contribution in [3.8, 4) is 0 Å². The van der Waals surface area contributed by atoms with Gasteiger partial charge in [-0.3, -0.25) is 9.69 Å². The van der Waals surface area contributed by atoms with Crippen molar-refractivity contribution in [2.45, 2.75) is 12.8 Å². The maximum absolute atomic E-state index is 12.0. The number of aryl methyl sites for hydroxylation is 1. The number of nitrogens with one attached hydrogen (secondary N) is 1. The lowest BCUT2D eigenvalue weighted by Gasteiger charge is -2.29. The number of hydrogen-bond donors (Lipinski definition) is 1. The van der Waals surface area contributed by atoms with E-state index in [2.05, 4.69) is 10.2 Å². The largest absolute Gasteiger partial charge is 0.379 e. The summed E-state index contributed by atoms with van der Waals surface area (Å²) in [7, 11) is -3.29. The van der Waals surface area contributed by atoms with E-state index in [1.54, 1.807) is 0 Å². The summed E-state index contributed by atoms with van der Waals surface area (Å²) in [5, 5.41) is 2.81. The molecule has 1 heterocycles. The normalized spacial score (nSPS) is 15.9. The third kappa shape index (κ3) is 7.82. The zero-order valence-corrected chi connectivity index (χ0v) is 16.2. The van der Waals surface area contributed by atoms with Crippen LogP contribution in [0, 0.1) is 0 Å². The molecule has 0 atom stereocenters. The van der Waals surface area contributed by atoms with Crippen LogP contribution >= 0.6 is 0 Å². The Balaban J connectivity index is 1.69. The molecule has 1 aromatic rings. The van der Waals surface area contributed by atoms with Gasteiger partial charge in [-0.05, 0) is 12.0 Å². The fourth-order valence-electron chi connectivity index (χ4n) is 2.83. The molecule has 0 radical (unpaired) electrons. The van der Waals surface area contributed by atoms with Crippen molar-refractivity contribution in [3.05, 3.63) is 35.9 Å². The van der Waals surface area contributed by atoms with Crippen molar-refractivity contribution in [1.29, 1.82) is 0 Å². The van der Waals surface area contributed by atoms with E-state index in [1.807, 2.05) is 30.3 Å². The van der Waals surface area contributed by atoms with Crippen LogP contribution < -0.4 is 5.32 Å². The number of rotatable bonds is 10. The number of morpholine rings is 1. The summed E-state index contributed by atoms with van der Waals surface area (Å²) in [4.78, 5) is 14.1. The fraction of sp³-hybridized carbons (Fsp3) is 0.611. The average molecular weight is 384 g/mol. The summed E-state index contributed by atoms with van der Waals surface area (Å²) in [6.45, 7) is 4.76. The molecule has 1 N–H and O–H groups in total. The zero-order valence-electron chi connectivity index (χ0n) is 15.4. The van der Waals surface area contributed by atoms with Gasteiger partial charge in [-0.15, -0.1) is 0 Å². The molecule has 8 heteroatoms. The first kappa shape index (κ1) is 20.8. The van der Waals surface area contributed by atoms with Crippen LogP contribution in [0.15, 0.2) is 30.3 Å². The molecule has 0 aliphatic carbocycles. The molecule has 0 saturated carbocycles. The van der Waals surface area contributed by atoms with E-state index < -0.39 is 10.0 Å². The minimum Gasteiger partial charge on any atom is -0.379 e. The van der Waals surface area contributed by atoms with Crippen LogP contribution in [-0.2, 0) is 26.0 Å². The summed E-state index contributed by atoms with van der Waals surface area (Å²) in [6.07, 6.45) is 2.29. The van der Waals surface area contributed by atoms with Crippen LogP contribution in [0.25, 0.3) is 0 Å². The highest BCUT2D eigenvalue weighted by Crippen LogP contribution is 2.03. The second-order valence-electron chi connectivity index (χ2n) is 6.45. The number of amides is 1. The molecule has 0 unspecified atom stereocenters. The number of ether oxygens (including phenoxy) is 1. The average Bonchev–Trinajstić information content (AvgIpc) is 2.63. The number of carbonyl (C=O) groups is 1. The van der Waals surface area contributed by atoms with Gasteiger partial charge in [-0.1, -0.05) is 30.3 Å². The van der Waals surface area contributed by atoms with Crippen LogP contribution in [0.1, 0.15) is 12.0 Å². The van der Waals surface area contributed by atoms with Crippen LogP contribution in [0.5, 0.6) is 0 Å². The molecule has 0 aromatic heterocycles. The lowest BCUT2D eigenvalue weighted by Crippen LogP contribution is -2.44. The number of benzene rings is 1. The molecule has 1 amide bonds. The standard InChI is InChI=1S/C18H29N3O4S/c1-26(23,24)21(12-11-20-13-15-25-16-14-20)10-9-19-18(22)8-7-17-5-3-2-4-6-17/h2-6H,7-16H2,1H3,(H,19,22). The first-order chi connectivity index (χ1) is 12.4. The molecule has 1 saturated heterocycles. The molecule has 7 nitrogen and oxygen atoms in total. The van der Waals surface area contributed by atoms with Gasteiger partial charge in [0.05, 0.1) is 19.5 Å². The fourth-order valence-corrected chi connectivity index (χ4v) is 3.67. The van der Waals surface area contributed by atoms with Gasteiger partial charge in [0.2, 0.25) is 15.9 Å². The van der Waals surface area contributed by atoms with Gasteiger partial charge in [0, 0.05) is 45.7 Å². The van der Waals surface area contributed by atoms with Gasteiger partial charge in [0.1, 0.15) is 0 Å². The maximum Gasteiger partial charge on any atom is 0.220 e. The van der Waals surface area contributed by atoms with E-state index >= 15 is 0 Å². The van der Waals surface area contributed by atoms with Gasteiger partial charge >= 0.3 is 0 Å². The monoisotopic (exact) mass is 383 g/mol. The molecule has 0 spiro atoms. The van der Waals surface area contributed by atoms with Gasteiger partial charge in [-0.2, -0.15) is 4.31 Å². The molecule has 1 aliphatic rings. The Morgan fingerprint density at radius 1 is 1.19 bits per heavy atom. The van der Waals surface area contributed by atoms with Crippen molar-refractivity contribution in [2.75, 3.05) is 58.7 Å². The Kier molecular flexibility index (Phi) is 8.50. The molecule has 1 aromatic carbocycles. The van der Waals surface area contributed by atoms with E-state index in [4.69, 9.17) is 4.74 Å². The Bertz CT molecular complexity index is 646. The lowest BCUT2D eigenvalue weighted by molar-refractivity contribution is -0.121. The number of carbonyl (C=O) groups excluding carboxylic acids is 1. The van der Waals surface area contributed by atoms with Gasteiger partial charge in [0.25, 0.3) is 0 Å². The number of hydrogen-bond acceptors (Lipinski definition) is 5. The maximum atomic E-state index is 12.0. The van der Waals surface area contributed by atoms with Crippen molar-refractivity contribution >= 4 is 15.9 Å². The second kappa shape index (κ2) is 10.6. The van der Waals surface area contributed by atoms with E-state index in [9.17, 15) is 13.2 Å². The second-order valence-corrected chi connectivity index (χ2v) is 8.43. The topological polar surface area (TPSA) is 79.0 Å². The molecule has 26 heavy (non-hydrogen) atoms. The Morgan fingerprint density at radius 2 is 1.88 bits per heavy atom. The lowest BCUT2D eigenvalue weighted by atomic mass is 10.1. The smallest absolute Gasteiger partial charge is 0.220 e. The zero-order chi connectivity index (χ0) is 18.8. The van der Waals surface area contributed by atoms with Crippen LogP contribution in [0.4, 0.5) is 0 Å². The van der Waals surface area contributed by atoms with Crippen molar-refractivity contribution in [2.24, 2.45) is 0 Å². The summed E-state index contributed by atoms with van der Waals surface area (Å²) in [5.41, 5.74) is 1.12. The molecular formula is C18H29N3O4S. The van der Waals surface area contributed by atoms with Crippen LogP contribution in [0.2, 0.25) is 0 Å². The van der Waals surface area contributed by atoms with Crippen LogP contribution in [0.3, 0.4) is 0 Å². The first-order valence-electron chi connectivity index (χ1n) is 9.01. The molecule has 1 aliphatic heterocycles. The summed E-state index contributed by atoms with van der Waals surface area (Å²) >= 11 is 0. The highest BCUT2D eigenvalue weighted by Gasteiger charge is 2.19. The minimum absolute atomic E-state index is 0.0597. The number of nitrogens with zero attached hydrogens (tertiary/aromatic N) is 2. The molecule has 0 bridgehead atoms. The summed E-state index contributed by atoms with van der Waals surface area (Å²) in [5.74, 6) is -0.0597. The summed E-state index contributed by atoms with van der Waals surface area (Å²) in [6, 6.07) is 9.83. The molecular weight excluding hydrogens is 354 g/mol. The Labute approximate surface area is 156 Å². The minimum atomic E-state index is -3.29. The molecule has 2 rings (SSSR count). The predicted octanol–water partition coefficient (Wildman–Crippen LogP) is 0.329. The quantitative estimate of drug-likeness (QED) is 0.630. The first-order valence-corrected chi connectivity index (χ1v) is 10.9. The number of sulfonamides is 1. The third-order valence-corrected chi connectivity index (χ3v) is 5.71. The highest BCUT2D eigenvalue weighted by atomic mass is 32.2.